The van der Waals surface area contributed by atoms with Crippen molar-refractivity contribution in [2.24, 2.45) is 0 Å². The minimum absolute atomic E-state index is 0.219. The van der Waals surface area contributed by atoms with E-state index in [1.165, 1.54) is 11.7 Å². The molecule has 0 atom stereocenters. The summed E-state index contributed by atoms with van der Waals surface area (Å²) in [4.78, 5) is 27.5. The molecule has 3 aromatic carbocycles. The molecular formula is C23H17N3O3. The molecule has 0 aliphatic carbocycles. The average molecular weight is 383 g/mol. The number of methoxy groups -OCH3 is 1. The van der Waals surface area contributed by atoms with Crippen molar-refractivity contribution < 1.29 is 9.53 Å². The highest BCUT2D eigenvalue weighted by Crippen LogP contribution is 2.25. The second-order valence-electron chi connectivity index (χ2n) is 6.57. The van der Waals surface area contributed by atoms with Crippen molar-refractivity contribution >= 4 is 17.0 Å². The Morgan fingerprint density at radius 1 is 1.10 bits per heavy atom. The van der Waals surface area contributed by atoms with E-state index < -0.39 is 5.97 Å². The third kappa shape index (κ3) is 3.30. The zero-order valence-electron chi connectivity index (χ0n) is 15.7. The summed E-state index contributed by atoms with van der Waals surface area (Å²) in [7, 11) is 1.30. The number of aromatic nitrogens is 2. The number of nitrogens with zero attached hydrogens (tertiary/aromatic N) is 2. The number of hydrogen-bond donors (Lipinski definition) is 1. The molecule has 4 aromatic rings. The smallest absolute Gasteiger partial charge is 0.340 e. The number of esters is 1. The van der Waals surface area contributed by atoms with Crippen molar-refractivity contribution in [2.45, 2.75) is 6.54 Å². The number of fused-ring (bicyclic) bond motifs is 1. The number of H-pyrrole nitrogens is 1. The van der Waals surface area contributed by atoms with Crippen LogP contribution in [0.4, 0.5) is 0 Å². The maximum absolute atomic E-state index is 12.5. The summed E-state index contributed by atoms with van der Waals surface area (Å²) in [5, 5.41) is 9.62. The Morgan fingerprint density at radius 3 is 2.62 bits per heavy atom. The number of rotatable bonds is 4. The van der Waals surface area contributed by atoms with Gasteiger partial charge in [0.05, 0.1) is 41.9 Å². The monoisotopic (exact) mass is 383 g/mol. The Kier molecular flexibility index (Phi) is 4.71. The highest BCUT2D eigenvalue weighted by atomic mass is 16.5. The van der Waals surface area contributed by atoms with Crippen LogP contribution >= 0.6 is 0 Å². The number of benzene rings is 3. The van der Waals surface area contributed by atoms with Crippen molar-refractivity contribution in [3.8, 4) is 17.2 Å². The van der Waals surface area contributed by atoms with E-state index in [4.69, 9.17) is 4.74 Å². The molecule has 0 aliphatic heterocycles. The molecule has 1 N–H and O–H groups in total. The largest absolute Gasteiger partial charge is 0.465 e. The summed E-state index contributed by atoms with van der Waals surface area (Å²) in [5.41, 5.74) is 4.10. The first-order valence-corrected chi connectivity index (χ1v) is 9.00. The summed E-state index contributed by atoms with van der Waals surface area (Å²) in [6.45, 7) is 0.219. The zero-order chi connectivity index (χ0) is 20.4. The van der Waals surface area contributed by atoms with Crippen LogP contribution in [0, 0.1) is 11.3 Å². The number of hydrogen-bond acceptors (Lipinski definition) is 4. The van der Waals surface area contributed by atoms with Gasteiger partial charge in [0.2, 0.25) is 0 Å². The van der Waals surface area contributed by atoms with Crippen molar-refractivity contribution in [3.63, 3.8) is 0 Å². The SMILES string of the molecule is COC(=O)c1cccc2[nH]c(=O)n(Cc3ccc(-c4ccccc4)c(C#N)c3)c12. The summed E-state index contributed by atoms with van der Waals surface area (Å²) >= 11 is 0. The van der Waals surface area contributed by atoms with Crippen molar-refractivity contribution in [3.05, 3.63) is 93.9 Å². The second kappa shape index (κ2) is 7.49. The van der Waals surface area contributed by atoms with Crippen LogP contribution in [0.2, 0.25) is 0 Å². The van der Waals surface area contributed by atoms with Crippen LogP contribution in [0.3, 0.4) is 0 Å². The van der Waals surface area contributed by atoms with E-state index >= 15 is 0 Å². The maximum atomic E-state index is 12.5. The molecule has 29 heavy (non-hydrogen) atoms. The van der Waals surface area contributed by atoms with Crippen LogP contribution < -0.4 is 5.69 Å². The van der Waals surface area contributed by atoms with Gasteiger partial charge in [-0.1, -0.05) is 48.5 Å². The van der Waals surface area contributed by atoms with Crippen LogP contribution in [0.15, 0.2) is 71.5 Å². The van der Waals surface area contributed by atoms with Crippen LogP contribution in [0.25, 0.3) is 22.2 Å². The average Bonchev–Trinajstić information content (AvgIpc) is 3.08. The van der Waals surface area contributed by atoms with Crippen LogP contribution in [-0.4, -0.2) is 22.6 Å². The molecule has 0 amide bonds. The molecule has 6 heteroatoms. The first-order chi connectivity index (χ1) is 14.1. The highest BCUT2D eigenvalue weighted by molar-refractivity contribution is 6.02. The number of nitriles is 1. The van der Waals surface area contributed by atoms with E-state index in [1.807, 2.05) is 42.5 Å². The maximum Gasteiger partial charge on any atom is 0.340 e. The van der Waals surface area contributed by atoms with E-state index in [9.17, 15) is 14.9 Å². The van der Waals surface area contributed by atoms with E-state index in [1.54, 1.807) is 24.3 Å². The van der Waals surface area contributed by atoms with Gasteiger partial charge >= 0.3 is 11.7 Å². The minimum Gasteiger partial charge on any atom is -0.465 e. The number of carbonyl (C=O) groups is 1. The number of carbonyl (C=O) groups excluding carboxylic acids is 1. The molecule has 0 saturated heterocycles. The van der Waals surface area contributed by atoms with Gasteiger partial charge in [0.1, 0.15) is 0 Å². The van der Waals surface area contributed by atoms with Gasteiger partial charge in [-0.3, -0.25) is 4.57 Å². The van der Waals surface area contributed by atoms with Gasteiger partial charge in [-0.05, 0) is 34.9 Å². The fourth-order valence-electron chi connectivity index (χ4n) is 3.48. The third-order valence-electron chi connectivity index (χ3n) is 4.83. The molecule has 4 rings (SSSR count). The molecular weight excluding hydrogens is 366 g/mol. The van der Waals surface area contributed by atoms with Crippen LogP contribution in [0.5, 0.6) is 0 Å². The van der Waals surface area contributed by atoms with Gasteiger partial charge < -0.3 is 9.72 Å². The zero-order valence-corrected chi connectivity index (χ0v) is 15.7. The normalized spacial score (nSPS) is 10.6. The first kappa shape index (κ1) is 18.3. The van der Waals surface area contributed by atoms with Gasteiger partial charge in [-0.15, -0.1) is 0 Å². The molecule has 0 aliphatic rings. The van der Waals surface area contributed by atoms with Gasteiger partial charge in [-0.2, -0.15) is 5.26 Å². The third-order valence-corrected chi connectivity index (χ3v) is 4.83. The molecule has 142 valence electrons. The summed E-state index contributed by atoms with van der Waals surface area (Å²) in [5.74, 6) is -0.513. The van der Waals surface area contributed by atoms with E-state index in [-0.39, 0.29) is 12.2 Å². The number of para-hydroxylation sites is 1. The fraction of sp³-hybridized carbons (Fsp3) is 0.0870. The fourth-order valence-corrected chi connectivity index (χ4v) is 3.48. The predicted molar refractivity (Wildman–Crippen MR) is 110 cm³/mol. The Labute approximate surface area is 166 Å². The van der Waals surface area contributed by atoms with Gasteiger partial charge in [0, 0.05) is 0 Å². The molecule has 0 unspecified atom stereocenters. The lowest BCUT2D eigenvalue weighted by Crippen LogP contribution is -2.18. The summed E-state index contributed by atoms with van der Waals surface area (Å²) < 4.78 is 6.34. The topological polar surface area (TPSA) is 87.9 Å². The van der Waals surface area contributed by atoms with Crippen molar-refractivity contribution in [1.82, 2.24) is 9.55 Å². The first-order valence-electron chi connectivity index (χ1n) is 9.00. The number of aromatic amines is 1. The molecule has 0 bridgehead atoms. The lowest BCUT2D eigenvalue weighted by Gasteiger charge is -2.10. The molecule has 0 saturated carbocycles. The highest BCUT2D eigenvalue weighted by Gasteiger charge is 2.17. The Morgan fingerprint density at radius 2 is 1.90 bits per heavy atom. The Balaban J connectivity index is 1.80. The van der Waals surface area contributed by atoms with Crippen LogP contribution in [0.1, 0.15) is 21.5 Å². The summed E-state index contributed by atoms with van der Waals surface area (Å²) in [6.07, 6.45) is 0. The molecule has 0 spiro atoms. The molecule has 0 fully saturated rings. The lowest BCUT2D eigenvalue weighted by atomic mass is 9.98. The number of nitrogens with one attached hydrogen (secondary N) is 1. The molecule has 6 nitrogen and oxygen atoms in total. The van der Waals surface area contributed by atoms with E-state index in [0.29, 0.717) is 22.2 Å². The molecule has 1 heterocycles. The molecule has 1 aromatic heterocycles. The Hall–Kier alpha value is -4.11. The van der Waals surface area contributed by atoms with Crippen molar-refractivity contribution in [1.29, 1.82) is 5.26 Å². The molecule has 0 radical (unpaired) electrons. The van der Waals surface area contributed by atoms with E-state index in [2.05, 4.69) is 11.1 Å². The predicted octanol–water partition coefficient (Wildman–Crippen LogP) is 3.70. The Bertz CT molecular complexity index is 1310. The van der Waals surface area contributed by atoms with Crippen LogP contribution in [-0.2, 0) is 11.3 Å². The van der Waals surface area contributed by atoms with Gasteiger partial charge in [0.15, 0.2) is 0 Å². The second-order valence-corrected chi connectivity index (χ2v) is 6.57. The van der Waals surface area contributed by atoms with E-state index in [0.717, 1.165) is 16.7 Å². The summed E-state index contributed by atoms with van der Waals surface area (Å²) in [6, 6.07) is 22.5. The minimum atomic E-state index is -0.513. The van der Waals surface area contributed by atoms with Gasteiger partial charge in [0.25, 0.3) is 0 Å². The van der Waals surface area contributed by atoms with Gasteiger partial charge in [-0.25, -0.2) is 9.59 Å². The lowest BCUT2D eigenvalue weighted by molar-refractivity contribution is 0.0602. The number of imidazole rings is 1. The standard InChI is InChI=1S/C23H17N3O3/c1-29-22(27)19-8-5-9-20-21(19)26(23(28)25-20)14-15-10-11-18(17(12-15)13-24)16-6-3-2-4-7-16/h2-12H,14H2,1H3,(H,25,28). The quantitative estimate of drug-likeness (QED) is 0.544. The number of ether oxygens (including phenoxy) is 1. The van der Waals surface area contributed by atoms with Crippen molar-refractivity contribution in [2.75, 3.05) is 7.11 Å².